The van der Waals surface area contributed by atoms with Crippen molar-refractivity contribution in [2.75, 3.05) is 0 Å². The van der Waals surface area contributed by atoms with E-state index in [9.17, 15) is 4.79 Å². The number of nitrogens with one attached hydrogen (secondary N) is 1. The third-order valence-corrected chi connectivity index (χ3v) is 3.12. The van der Waals surface area contributed by atoms with Crippen LogP contribution in [0.3, 0.4) is 0 Å². The van der Waals surface area contributed by atoms with Crippen LogP contribution in [0.1, 0.15) is 28.4 Å². The number of carbonyl (C=O) groups is 1. The van der Waals surface area contributed by atoms with Gasteiger partial charge in [0.15, 0.2) is 0 Å². The van der Waals surface area contributed by atoms with E-state index in [0.29, 0.717) is 10.6 Å². The highest BCUT2D eigenvalue weighted by Crippen LogP contribution is 2.09. The Balaban J connectivity index is 2.08. The molecule has 4 heteroatoms. The average molecular weight is 287 g/mol. The maximum Gasteiger partial charge on any atom is 0.271 e. The summed E-state index contributed by atoms with van der Waals surface area (Å²) in [6.07, 6.45) is 0. The van der Waals surface area contributed by atoms with E-state index in [-0.39, 0.29) is 5.91 Å². The van der Waals surface area contributed by atoms with E-state index in [4.69, 9.17) is 11.6 Å². The zero-order valence-electron chi connectivity index (χ0n) is 11.4. The molecule has 0 heterocycles. The van der Waals surface area contributed by atoms with Gasteiger partial charge in [-0.05, 0) is 43.7 Å². The molecule has 2 rings (SSSR count). The number of halogens is 1. The Bertz CT molecular complexity index is 648. The molecule has 0 radical (unpaired) electrons. The molecule has 0 saturated heterocycles. The number of amides is 1. The Morgan fingerprint density at radius 1 is 1.10 bits per heavy atom. The number of aryl methyl sites for hydroxylation is 1. The second-order valence-corrected chi connectivity index (χ2v) is 4.95. The van der Waals surface area contributed by atoms with Gasteiger partial charge in [0, 0.05) is 10.6 Å². The number of carbonyl (C=O) groups excluding carboxylic acids is 1. The fourth-order valence-corrected chi connectivity index (χ4v) is 1.86. The minimum atomic E-state index is -0.256. The Kier molecular flexibility index (Phi) is 4.53. The van der Waals surface area contributed by atoms with Gasteiger partial charge in [-0.2, -0.15) is 5.10 Å². The van der Waals surface area contributed by atoms with Crippen molar-refractivity contribution in [1.82, 2.24) is 5.43 Å². The molecule has 0 atom stereocenters. The van der Waals surface area contributed by atoms with Crippen molar-refractivity contribution in [3.63, 3.8) is 0 Å². The summed E-state index contributed by atoms with van der Waals surface area (Å²) in [5.41, 5.74) is 5.97. The monoisotopic (exact) mass is 286 g/mol. The summed E-state index contributed by atoms with van der Waals surface area (Å²) in [6.45, 7) is 3.87. The zero-order valence-corrected chi connectivity index (χ0v) is 12.1. The van der Waals surface area contributed by atoms with Gasteiger partial charge in [-0.15, -0.1) is 0 Å². The number of hydrogen-bond donors (Lipinski definition) is 1. The van der Waals surface area contributed by atoms with Crippen molar-refractivity contribution in [1.29, 1.82) is 0 Å². The van der Waals surface area contributed by atoms with E-state index < -0.39 is 0 Å². The van der Waals surface area contributed by atoms with Crippen molar-refractivity contribution >= 4 is 23.2 Å². The first-order valence-corrected chi connectivity index (χ1v) is 6.61. The molecule has 0 aliphatic rings. The third kappa shape index (κ3) is 3.68. The summed E-state index contributed by atoms with van der Waals surface area (Å²) in [5.74, 6) is -0.256. The van der Waals surface area contributed by atoms with Crippen LogP contribution < -0.4 is 5.43 Å². The second kappa shape index (κ2) is 6.35. The van der Waals surface area contributed by atoms with Gasteiger partial charge in [-0.3, -0.25) is 4.79 Å². The molecule has 2 aromatic rings. The molecule has 0 aliphatic carbocycles. The molecule has 20 heavy (non-hydrogen) atoms. The topological polar surface area (TPSA) is 41.5 Å². The molecule has 2 aromatic carbocycles. The van der Waals surface area contributed by atoms with Crippen LogP contribution in [0.25, 0.3) is 0 Å². The molecule has 0 aromatic heterocycles. The van der Waals surface area contributed by atoms with Crippen LogP contribution >= 0.6 is 11.6 Å². The lowest BCUT2D eigenvalue weighted by Gasteiger charge is -2.04. The standard InChI is InChI=1S/C16H15ClN2O/c1-11-4-3-5-14(10-11)12(2)18-19-16(20)13-6-8-15(17)9-7-13/h3-10H,1-2H3,(H,19,20). The van der Waals surface area contributed by atoms with Gasteiger partial charge in [0.2, 0.25) is 0 Å². The van der Waals surface area contributed by atoms with Crippen molar-refractivity contribution in [3.8, 4) is 0 Å². The molecule has 1 amide bonds. The largest absolute Gasteiger partial charge is 0.271 e. The van der Waals surface area contributed by atoms with Gasteiger partial charge in [-0.1, -0.05) is 41.4 Å². The highest BCUT2D eigenvalue weighted by molar-refractivity contribution is 6.30. The lowest BCUT2D eigenvalue weighted by molar-refractivity contribution is 0.0955. The number of benzene rings is 2. The summed E-state index contributed by atoms with van der Waals surface area (Å²) >= 11 is 5.78. The first-order valence-electron chi connectivity index (χ1n) is 6.23. The minimum absolute atomic E-state index is 0.256. The van der Waals surface area contributed by atoms with Crippen LogP contribution in [0.2, 0.25) is 5.02 Å². The summed E-state index contributed by atoms with van der Waals surface area (Å²) < 4.78 is 0. The smallest absolute Gasteiger partial charge is 0.267 e. The second-order valence-electron chi connectivity index (χ2n) is 4.51. The molecule has 0 fully saturated rings. The zero-order chi connectivity index (χ0) is 14.5. The predicted molar refractivity (Wildman–Crippen MR) is 82.3 cm³/mol. The summed E-state index contributed by atoms with van der Waals surface area (Å²) in [6, 6.07) is 14.6. The maximum atomic E-state index is 11.9. The number of hydrazone groups is 1. The predicted octanol–water partition coefficient (Wildman–Crippen LogP) is 3.80. The number of hydrogen-bond acceptors (Lipinski definition) is 2. The molecule has 0 saturated carbocycles. The molecule has 0 aliphatic heterocycles. The molecule has 1 N–H and O–H groups in total. The van der Waals surface area contributed by atoms with Crippen molar-refractivity contribution in [2.45, 2.75) is 13.8 Å². The van der Waals surface area contributed by atoms with Crippen molar-refractivity contribution < 1.29 is 4.79 Å². The Morgan fingerprint density at radius 2 is 1.80 bits per heavy atom. The Morgan fingerprint density at radius 3 is 2.45 bits per heavy atom. The molecular formula is C16H15ClN2O. The molecule has 0 unspecified atom stereocenters. The highest BCUT2D eigenvalue weighted by Gasteiger charge is 2.04. The fourth-order valence-electron chi connectivity index (χ4n) is 1.74. The first-order chi connectivity index (χ1) is 9.56. The van der Waals surface area contributed by atoms with Gasteiger partial charge < -0.3 is 0 Å². The van der Waals surface area contributed by atoms with E-state index in [1.54, 1.807) is 24.3 Å². The van der Waals surface area contributed by atoms with E-state index in [1.165, 1.54) is 0 Å². The van der Waals surface area contributed by atoms with Gasteiger partial charge in [0.05, 0.1) is 5.71 Å². The van der Waals surface area contributed by atoms with E-state index in [2.05, 4.69) is 10.5 Å². The van der Waals surface area contributed by atoms with Crippen LogP contribution in [0.4, 0.5) is 0 Å². The third-order valence-electron chi connectivity index (χ3n) is 2.87. The Hall–Kier alpha value is -2.13. The molecule has 102 valence electrons. The van der Waals surface area contributed by atoms with Crippen LogP contribution in [0, 0.1) is 6.92 Å². The number of rotatable bonds is 3. The summed E-state index contributed by atoms with van der Waals surface area (Å²) in [7, 11) is 0. The normalized spacial score (nSPS) is 11.2. The van der Waals surface area contributed by atoms with Crippen LogP contribution in [0.15, 0.2) is 53.6 Å². The van der Waals surface area contributed by atoms with Crippen LogP contribution in [0.5, 0.6) is 0 Å². The lowest BCUT2D eigenvalue weighted by Crippen LogP contribution is -2.19. The van der Waals surface area contributed by atoms with E-state index >= 15 is 0 Å². The molecule has 0 spiro atoms. The quantitative estimate of drug-likeness (QED) is 0.677. The average Bonchev–Trinajstić information content (AvgIpc) is 2.45. The van der Waals surface area contributed by atoms with Crippen molar-refractivity contribution in [2.24, 2.45) is 5.10 Å². The Labute approximate surface area is 123 Å². The molecular weight excluding hydrogens is 272 g/mol. The van der Waals surface area contributed by atoms with E-state index in [1.807, 2.05) is 38.1 Å². The molecule has 0 bridgehead atoms. The fraction of sp³-hybridized carbons (Fsp3) is 0.125. The minimum Gasteiger partial charge on any atom is -0.267 e. The van der Waals surface area contributed by atoms with Crippen LogP contribution in [-0.2, 0) is 0 Å². The SMILES string of the molecule is CC(=NNC(=O)c1ccc(Cl)cc1)c1cccc(C)c1. The summed E-state index contributed by atoms with van der Waals surface area (Å²) in [5, 5.41) is 4.72. The van der Waals surface area contributed by atoms with Crippen molar-refractivity contribution in [3.05, 3.63) is 70.2 Å². The van der Waals surface area contributed by atoms with Gasteiger partial charge in [0.1, 0.15) is 0 Å². The van der Waals surface area contributed by atoms with E-state index in [0.717, 1.165) is 16.8 Å². The lowest BCUT2D eigenvalue weighted by atomic mass is 10.1. The van der Waals surface area contributed by atoms with Gasteiger partial charge in [0.25, 0.3) is 5.91 Å². The first kappa shape index (κ1) is 14.3. The summed E-state index contributed by atoms with van der Waals surface area (Å²) in [4.78, 5) is 11.9. The number of nitrogens with zero attached hydrogens (tertiary/aromatic N) is 1. The molecule has 3 nitrogen and oxygen atoms in total. The van der Waals surface area contributed by atoms with Gasteiger partial charge >= 0.3 is 0 Å². The highest BCUT2D eigenvalue weighted by atomic mass is 35.5. The maximum absolute atomic E-state index is 11.9. The van der Waals surface area contributed by atoms with Crippen LogP contribution in [-0.4, -0.2) is 11.6 Å². The van der Waals surface area contributed by atoms with Gasteiger partial charge in [-0.25, -0.2) is 5.43 Å².